The molecule has 0 aromatic heterocycles. The normalized spacial score (nSPS) is 20.1. The van der Waals surface area contributed by atoms with E-state index in [2.05, 4.69) is 5.32 Å². The van der Waals surface area contributed by atoms with Crippen molar-refractivity contribution in [1.82, 2.24) is 15.1 Å². The molecule has 150 valence electrons. The molecule has 2 rings (SSSR count). The maximum absolute atomic E-state index is 13.3. The summed E-state index contributed by atoms with van der Waals surface area (Å²) < 4.78 is 13.3. The second-order valence-electron chi connectivity index (χ2n) is 7.73. The van der Waals surface area contributed by atoms with Crippen LogP contribution in [0.4, 0.5) is 9.18 Å². The summed E-state index contributed by atoms with van der Waals surface area (Å²) in [4.78, 5) is 28.8. The maximum atomic E-state index is 13.3. The molecule has 0 aliphatic carbocycles. The smallest absolute Gasteiger partial charge is 0.317 e. The van der Waals surface area contributed by atoms with Gasteiger partial charge in [-0.25, -0.2) is 9.18 Å². The first-order valence-corrected chi connectivity index (χ1v) is 10.4. The summed E-state index contributed by atoms with van der Waals surface area (Å²) in [6, 6.07) is 6.18. The zero-order valence-electron chi connectivity index (χ0n) is 16.8. The van der Waals surface area contributed by atoms with Gasteiger partial charge in [-0.3, -0.25) is 4.79 Å². The second-order valence-corrected chi connectivity index (χ2v) is 9.02. The van der Waals surface area contributed by atoms with E-state index < -0.39 is 0 Å². The average molecular weight is 396 g/mol. The number of amides is 3. The Morgan fingerprint density at radius 3 is 2.41 bits per heavy atom. The number of hydrogen-bond donors (Lipinski definition) is 1. The minimum atomic E-state index is -0.312. The summed E-state index contributed by atoms with van der Waals surface area (Å²) in [5.41, 5.74) is 0.598. The third kappa shape index (κ3) is 5.61. The Morgan fingerprint density at radius 2 is 1.89 bits per heavy atom. The molecule has 1 fully saturated rings. The van der Waals surface area contributed by atoms with Gasteiger partial charge in [0.25, 0.3) is 0 Å². The lowest BCUT2D eigenvalue weighted by Crippen LogP contribution is -2.50. The van der Waals surface area contributed by atoms with Gasteiger partial charge in [0.2, 0.25) is 5.91 Å². The largest absolute Gasteiger partial charge is 0.333 e. The molecule has 5 nitrogen and oxygen atoms in total. The highest BCUT2D eigenvalue weighted by molar-refractivity contribution is 8.01. The predicted molar refractivity (Wildman–Crippen MR) is 108 cm³/mol. The third-order valence-corrected chi connectivity index (χ3v) is 6.07. The fourth-order valence-electron chi connectivity index (χ4n) is 3.00. The summed E-state index contributed by atoms with van der Waals surface area (Å²) in [6.45, 7) is 11.2. The van der Waals surface area contributed by atoms with E-state index in [0.29, 0.717) is 19.6 Å². The van der Waals surface area contributed by atoms with Gasteiger partial charge in [0, 0.05) is 25.2 Å². The first-order valence-electron chi connectivity index (χ1n) is 9.44. The molecule has 0 bridgehead atoms. The van der Waals surface area contributed by atoms with Crippen molar-refractivity contribution in [3.63, 3.8) is 0 Å². The van der Waals surface area contributed by atoms with E-state index in [1.807, 2.05) is 39.5 Å². The average Bonchev–Trinajstić information content (AvgIpc) is 2.91. The van der Waals surface area contributed by atoms with Crippen molar-refractivity contribution in [1.29, 1.82) is 0 Å². The van der Waals surface area contributed by atoms with Crippen LogP contribution in [-0.2, 0) is 4.79 Å². The molecule has 1 N–H and O–H groups in total. The van der Waals surface area contributed by atoms with Crippen molar-refractivity contribution in [3.05, 3.63) is 35.6 Å². The van der Waals surface area contributed by atoms with Crippen LogP contribution in [-0.4, -0.2) is 52.2 Å². The molecule has 27 heavy (non-hydrogen) atoms. The summed E-state index contributed by atoms with van der Waals surface area (Å²) in [5.74, 6) is -0.202. The molecular weight excluding hydrogens is 365 g/mol. The van der Waals surface area contributed by atoms with Crippen LogP contribution < -0.4 is 5.32 Å². The number of carbonyl (C=O) groups excluding carboxylic acids is 2. The van der Waals surface area contributed by atoms with Gasteiger partial charge in [-0.2, -0.15) is 0 Å². The van der Waals surface area contributed by atoms with Crippen molar-refractivity contribution in [2.45, 2.75) is 57.2 Å². The van der Waals surface area contributed by atoms with Gasteiger partial charge in [-0.15, -0.1) is 11.8 Å². The molecule has 7 heteroatoms. The number of carbonyl (C=O) groups is 2. The van der Waals surface area contributed by atoms with Gasteiger partial charge in [-0.1, -0.05) is 19.1 Å². The quantitative estimate of drug-likeness (QED) is 0.792. The highest BCUT2D eigenvalue weighted by Gasteiger charge is 2.40. The zero-order valence-corrected chi connectivity index (χ0v) is 17.6. The molecule has 2 unspecified atom stereocenters. The number of rotatable bonds is 6. The van der Waals surface area contributed by atoms with Crippen molar-refractivity contribution in [2.75, 3.05) is 19.6 Å². The topological polar surface area (TPSA) is 52.6 Å². The standard InChI is InChI=1S/C20H30FN3O2S/c1-6-16-17(25)24(18(27-16)14-8-10-15(21)11-9-14)13-12-23(7-2)19(26)22-20(3,4)5/h8-11,16,18H,6-7,12-13H2,1-5H3,(H,22,26). The van der Waals surface area contributed by atoms with Gasteiger partial charge >= 0.3 is 6.03 Å². The van der Waals surface area contributed by atoms with Crippen LogP contribution in [0.2, 0.25) is 0 Å². The number of halogens is 1. The molecule has 1 saturated heterocycles. The van der Waals surface area contributed by atoms with E-state index >= 15 is 0 Å². The minimum Gasteiger partial charge on any atom is -0.333 e. The van der Waals surface area contributed by atoms with Gasteiger partial charge in [-0.05, 0) is 51.8 Å². The first kappa shape index (κ1) is 21.5. The Bertz CT molecular complexity index is 660. The van der Waals surface area contributed by atoms with Crippen LogP contribution in [0.5, 0.6) is 0 Å². The van der Waals surface area contributed by atoms with Gasteiger partial charge in [0.05, 0.1) is 5.25 Å². The van der Waals surface area contributed by atoms with Crippen LogP contribution in [0, 0.1) is 5.82 Å². The third-order valence-electron chi connectivity index (χ3n) is 4.42. The molecule has 1 aliphatic heterocycles. The van der Waals surface area contributed by atoms with Crippen LogP contribution >= 0.6 is 11.8 Å². The van der Waals surface area contributed by atoms with Crippen molar-refractivity contribution >= 4 is 23.7 Å². The highest BCUT2D eigenvalue weighted by Crippen LogP contribution is 2.43. The Morgan fingerprint density at radius 1 is 1.26 bits per heavy atom. The monoisotopic (exact) mass is 395 g/mol. The number of urea groups is 1. The molecular formula is C20H30FN3O2S. The van der Waals surface area contributed by atoms with E-state index in [-0.39, 0.29) is 33.9 Å². The van der Waals surface area contributed by atoms with Crippen molar-refractivity contribution in [3.8, 4) is 0 Å². The Balaban J connectivity index is 2.11. The van der Waals surface area contributed by atoms with Gasteiger partial charge in [0.15, 0.2) is 0 Å². The van der Waals surface area contributed by atoms with Crippen molar-refractivity contribution < 1.29 is 14.0 Å². The maximum Gasteiger partial charge on any atom is 0.317 e. The van der Waals surface area contributed by atoms with E-state index in [0.717, 1.165) is 12.0 Å². The molecule has 0 saturated carbocycles. The minimum absolute atomic E-state index is 0.0871. The van der Waals surface area contributed by atoms with Crippen LogP contribution in [0.15, 0.2) is 24.3 Å². The summed E-state index contributed by atoms with van der Waals surface area (Å²) >= 11 is 1.60. The molecule has 0 radical (unpaired) electrons. The van der Waals surface area contributed by atoms with Gasteiger partial charge < -0.3 is 15.1 Å². The number of nitrogens with zero attached hydrogens (tertiary/aromatic N) is 2. The lowest BCUT2D eigenvalue weighted by Gasteiger charge is -2.30. The second kappa shape index (κ2) is 8.95. The number of likely N-dealkylation sites (N-methyl/N-ethyl adjacent to an activating group) is 1. The first-order chi connectivity index (χ1) is 12.7. The van der Waals surface area contributed by atoms with Crippen LogP contribution in [0.25, 0.3) is 0 Å². The lowest BCUT2D eigenvalue weighted by atomic mass is 10.1. The fraction of sp³-hybridized carbons (Fsp3) is 0.600. The summed E-state index contributed by atoms with van der Waals surface area (Å²) in [6.07, 6.45) is 0.750. The molecule has 1 heterocycles. The lowest BCUT2D eigenvalue weighted by molar-refractivity contribution is -0.130. The Kier molecular flexibility index (Phi) is 7.14. The van der Waals surface area contributed by atoms with E-state index in [1.54, 1.807) is 28.8 Å². The van der Waals surface area contributed by atoms with Crippen LogP contribution in [0.3, 0.4) is 0 Å². The van der Waals surface area contributed by atoms with Crippen molar-refractivity contribution in [2.24, 2.45) is 0 Å². The Labute approximate surface area is 165 Å². The number of thioether (sulfide) groups is 1. The molecule has 1 aromatic rings. The number of hydrogen-bond acceptors (Lipinski definition) is 3. The fourth-order valence-corrected chi connectivity index (χ4v) is 4.43. The Hall–Kier alpha value is -1.76. The molecule has 2 atom stereocenters. The molecule has 1 aliphatic rings. The summed E-state index contributed by atoms with van der Waals surface area (Å²) in [7, 11) is 0. The summed E-state index contributed by atoms with van der Waals surface area (Å²) in [5, 5.41) is 2.72. The van der Waals surface area contributed by atoms with E-state index in [9.17, 15) is 14.0 Å². The number of nitrogens with one attached hydrogen (secondary N) is 1. The molecule has 1 aromatic carbocycles. The van der Waals surface area contributed by atoms with Crippen LogP contribution in [0.1, 0.15) is 52.0 Å². The van der Waals surface area contributed by atoms with Gasteiger partial charge in [0.1, 0.15) is 11.2 Å². The molecule has 3 amide bonds. The number of benzene rings is 1. The SMILES string of the molecule is CCC1SC(c2ccc(F)cc2)N(CCN(CC)C(=O)NC(C)(C)C)C1=O. The van der Waals surface area contributed by atoms with E-state index in [1.165, 1.54) is 12.1 Å². The van der Waals surface area contributed by atoms with E-state index in [4.69, 9.17) is 0 Å². The molecule has 0 spiro atoms. The zero-order chi connectivity index (χ0) is 20.2. The predicted octanol–water partition coefficient (Wildman–Crippen LogP) is 4.01. The highest BCUT2D eigenvalue weighted by atomic mass is 32.2.